The number of hydrogen-bond donors (Lipinski definition) is 2. The van der Waals surface area contributed by atoms with E-state index in [2.05, 4.69) is 31.5 Å². The van der Waals surface area contributed by atoms with Gasteiger partial charge in [-0.1, -0.05) is 0 Å². The van der Waals surface area contributed by atoms with Crippen molar-refractivity contribution in [1.29, 1.82) is 0 Å². The smallest absolute Gasteiger partial charge is 0.259 e. The number of rotatable bonds is 4. The second kappa shape index (κ2) is 6.67. The van der Waals surface area contributed by atoms with Gasteiger partial charge in [-0.25, -0.2) is 9.37 Å². The molecule has 4 nitrogen and oxygen atoms in total. The molecule has 0 saturated heterocycles. The molecule has 2 N–H and O–H groups in total. The summed E-state index contributed by atoms with van der Waals surface area (Å²) in [6.07, 6.45) is 1.62. The van der Waals surface area contributed by atoms with Crippen LogP contribution in [0.2, 0.25) is 0 Å². The maximum atomic E-state index is 13.1. The Bertz CT molecular complexity index is 676. The third kappa shape index (κ3) is 3.78. The number of carbonyl (C=O) groups is 1. The fraction of sp³-hybridized carbons (Fsp3) is 0.200. The van der Waals surface area contributed by atoms with Crippen molar-refractivity contribution >= 4 is 33.3 Å². The van der Waals surface area contributed by atoms with E-state index in [9.17, 15) is 9.18 Å². The molecule has 0 radical (unpaired) electrons. The maximum absolute atomic E-state index is 13.1. The van der Waals surface area contributed by atoms with Crippen molar-refractivity contribution in [3.63, 3.8) is 0 Å². The molecular formula is C15H15BrFN3O. The Balaban J connectivity index is 2.29. The van der Waals surface area contributed by atoms with E-state index in [0.29, 0.717) is 33.6 Å². The van der Waals surface area contributed by atoms with Crippen LogP contribution in [0, 0.1) is 12.7 Å². The summed E-state index contributed by atoms with van der Waals surface area (Å²) in [5, 5.41) is 5.81. The first-order chi connectivity index (χ1) is 10.0. The van der Waals surface area contributed by atoms with Crippen molar-refractivity contribution in [2.24, 2.45) is 0 Å². The quantitative estimate of drug-likeness (QED) is 0.875. The van der Waals surface area contributed by atoms with Crippen molar-refractivity contribution in [3.05, 3.63) is 51.9 Å². The molecule has 0 atom stereocenters. The highest BCUT2D eigenvalue weighted by Crippen LogP contribution is 2.21. The Kier molecular flexibility index (Phi) is 4.90. The van der Waals surface area contributed by atoms with Crippen molar-refractivity contribution in [1.82, 2.24) is 4.98 Å². The molecule has 1 heterocycles. The van der Waals surface area contributed by atoms with Gasteiger partial charge in [0.05, 0.1) is 5.56 Å². The van der Waals surface area contributed by atoms with Gasteiger partial charge in [-0.05, 0) is 59.6 Å². The number of hydrogen-bond acceptors (Lipinski definition) is 3. The Morgan fingerprint density at radius 2 is 2.14 bits per heavy atom. The SMILES string of the molecule is CCNc1ncc(Br)cc1C(=O)Nc1ccc(F)cc1C. The number of amides is 1. The van der Waals surface area contributed by atoms with E-state index in [1.165, 1.54) is 12.1 Å². The molecule has 6 heteroatoms. The number of aryl methyl sites for hydroxylation is 1. The molecule has 0 saturated carbocycles. The molecular weight excluding hydrogens is 337 g/mol. The first-order valence-electron chi connectivity index (χ1n) is 6.48. The summed E-state index contributed by atoms with van der Waals surface area (Å²) in [4.78, 5) is 16.6. The van der Waals surface area contributed by atoms with Gasteiger partial charge in [-0.2, -0.15) is 0 Å². The van der Waals surface area contributed by atoms with Gasteiger partial charge >= 0.3 is 0 Å². The number of nitrogens with one attached hydrogen (secondary N) is 2. The summed E-state index contributed by atoms with van der Waals surface area (Å²) >= 11 is 3.31. The standard InChI is InChI=1S/C15H15BrFN3O/c1-3-18-14-12(7-10(16)8-19-14)15(21)20-13-5-4-11(17)6-9(13)2/h4-8H,3H2,1-2H3,(H,18,19)(H,20,21). The number of anilines is 2. The van der Waals surface area contributed by atoms with Crippen LogP contribution in [0.3, 0.4) is 0 Å². The van der Waals surface area contributed by atoms with Crippen LogP contribution in [-0.4, -0.2) is 17.4 Å². The lowest BCUT2D eigenvalue weighted by Crippen LogP contribution is -2.16. The van der Waals surface area contributed by atoms with Crippen LogP contribution in [-0.2, 0) is 0 Å². The average molecular weight is 352 g/mol. The van der Waals surface area contributed by atoms with Crippen LogP contribution in [0.15, 0.2) is 34.9 Å². The third-order valence-electron chi connectivity index (χ3n) is 2.88. The lowest BCUT2D eigenvalue weighted by molar-refractivity contribution is 0.102. The molecule has 1 aromatic carbocycles. The second-order valence-electron chi connectivity index (χ2n) is 4.49. The summed E-state index contributed by atoms with van der Waals surface area (Å²) in [6, 6.07) is 5.92. The fourth-order valence-electron chi connectivity index (χ4n) is 1.88. The van der Waals surface area contributed by atoms with Gasteiger partial charge < -0.3 is 10.6 Å². The van der Waals surface area contributed by atoms with Gasteiger partial charge in [0.25, 0.3) is 5.91 Å². The van der Waals surface area contributed by atoms with Crippen LogP contribution in [0.5, 0.6) is 0 Å². The Morgan fingerprint density at radius 1 is 1.38 bits per heavy atom. The topological polar surface area (TPSA) is 54.0 Å². The Morgan fingerprint density at radius 3 is 2.81 bits per heavy atom. The lowest BCUT2D eigenvalue weighted by Gasteiger charge is -2.12. The van der Waals surface area contributed by atoms with Gasteiger partial charge in [-0.15, -0.1) is 0 Å². The van der Waals surface area contributed by atoms with Gasteiger partial charge in [0, 0.05) is 22.9 Å². The second-order valence-corrected chi connectivity index (χ2v) is 5.41. The normalized spacial score (nSPS) is 10.3. The minimum atomic E-state index is -0.331. The fourth-order valence-corrected chi connectivity index (χ4v) is 2.21. The van der Waals surface area contributed by atoms with Crippen molar-refractivity contribution in [2.45, 2.75) is 13.8 Å². The molecule has 0 bridgehead atoms. The van der Waals surface area contributed by atoms with Crippen molar-refractivity contribution in [2.75, 3.05) is 17.2 Å². The molecule has 1 aromatic heterocycles. The van der Waals surface area contributed by atoms with Crippen molar-refractivity contribution < 1.29 is 9.18 Å². The van der Waals surface area contributed by atoms with Gasteiger partial charge in [-0.3, -0.25) is 4.79 Å². The molecule has 0 aliphatic rings. The van der Waals surface area contributed by atoms with Crippen LogP contribution in [0.4, 0.5) is 15.9 Å². The first-order valence-corrected chi connectivity index (χ1v) is 7.27. The molecule has 2 aromatic rings. The number of nitrogens with zero attached hydrogens (tertiary/aromatic N) is 1. The lowest BCUT2D eigenvalue weighted by atomic mass is 10.1. The molecule has 0 aliphatic heterocycles. The predicted molar refractivity (Wildman–Crippen MR) is 85.2 cm³/mol. The van der Waals surface area contributed by atoms with E-state index in [0.717, 1.165) is 0 Å². The predicted octanol–water partition coefficient (Wildman–Crippen LogP) is 3.98. The monoisotopic (exact) mass is 351 g/mol. The molecule has 110 valence electrons. The zero-order valence-corrected chi connectivity index (χ0v) is 13.3. The van der Waals surface area contributed by atoms with E-state index >= 15 is 0 Å². The van der Waals surface area contributed by atoms with Gasteiger partial charge in [0.15, 0.2) is 0 Å². The summed E-state index contributed by atoms with van der Waals surface area (Å²) in [5.41, 5.74) is 1.66. The molecule has 0 unspecified atom stereocenters. The molecule has 1 amide bonds. The zero-order chi connectivity index (χ0) is 15.4. The number of aromatic nitrogens is 1. The van der Waals surface area contributed by atoms with Crippen LogP contribution < -0.4 is 10.6 Å². The van der Waals surface area contributed by atoms with Crippen LogP contribution >= 0.6 is 15.9 Å². The Labute approximate surface area is 130 Å². The minimum absolute atomic E-state index is 0.297. The minimum Gasteiger partial charge on any atom is -0.370 e. The van der Waals surface area contributed by atoms with E-state index in [-0.39, 0.29) is 11.7 Å². The maximum Gasteiger partial charge on any atom is 0.259 e. The highest BCUT2D eigenvalue weighted by molar-refractivity contribution is 9.10. The van der Waals surface area contributed by atoms with Gasteiger partial charge in [0.1, 0.15) is 11.6 Å². The molecule has 0 aliphatic carbocycles. The number of benzene rings is 1. The summed E-state index contributed by atoms with van der Waals surface area (Å²) in [6.45, 7) is 4.32. The van der Waals surface area contributed by atoms with Crippen molar-refractivity contribution in [3.8, 4) is 0 Å². The summed E-state index contributed by atoms with van der Waals surface area (Å²) in [5.74, 6) is -0.115. The average Bonchev–Trinajstić information content (AvgIpc) is 2.44. The van der Waals surface area contributed by atoms with Gasteiger partial charge in [0.2, 0.25) is 0 Å². The van der Waals surface area contributed by atoms with E-state index in [4.69, 9.17) is 0 Å². The molecule has 2 rings (SSSR count). The molecule has 0 fully saturated rings. The number of pyridine rings is 1. The third-order valence-corrected chi connectivity index (χ3v) is 3.31. The van der Waals surface area contributed by atoms with E-state index < -0.39 is 0 Å². The molecule has 0 spiro atoms. The van der Waals surface area contributed by atoms with E-state index in [1.54, 1.807) is 25.3 Å². The largest absolute Gasteiger partial charge is 0.370 e. The highest BCUT2D eigenvalue weighted by Gasteiger charge is 2.14. The van der Waals surface area contributed by atoms with Crippen LogP contribution in [0.1, 0.15) is 22.8 Å². The highest BCUT2D eigenvalue weighted by atomic mass is 79.9. The number of carbonyl (C=O) groups excluding carboxylic acids is 1. The Hall–Kier alpha value is -1.95. The zero-order valence-electron chi connectivity index (χ0n) is 11.7. The summed E-state index contributed by atoms with van der Waals surface area (Å²) < 4.78 is 13.8. The van der Waals surface area contributed by atoms with Crippen LogP contribution in [0.25, 0.3) is 0 Å². The molecule has 21 heavy (non-hydrogen) atoms. The van der Waals surface area contributed by atoms with E-state index in [1.807, 2.05) is 6.92 Å². The summed E-state index contributed by atoms with van der Waals surface area (Å²) in [7, 11) is 0. The first kappa shape index (κ1) is 15.4. The number of halogens is 2.